The zero-order chi connectivity index (χ0) is 22.8. The molecule has 0 saturated heterocycles. The number of unbranched alkanes of at least 4 members (excludes halogenated alkanes) is 1. The first kappa shape index (κ1) is 22.6. The number of hydrogen-bond acceptors (Lipinski definition) is 6. The Labute approximate surface area is 171 Å². The van der Waals surface area contributed by atoms with E-state index < -0.39 is 24.1 Å². The lowest BCUT2D eigenvalue weighted by Gasteiger charge is -2.13. The molecule has 0 spiro atoms. The van der Waals surface area contributed by atoms with Gasteiger partial charge in [0.2, 0.25) is 5.82 Å². The fraction of sp³-hybridized carbons (Fsp3) is 0.444. The molecule has 13 heteroatoms. The molecular weight excluding hydrogens is 432 g/mol. The monoisotopic (exact) mass is 449 g/mol. The van der Waals surface area contributed by atoms with Gasteiger partial charge in [-0.15, -0.1) is 5.10 Å². The predicted octanol–water partition coefficient (Wildman–Crippen LogP) is 4.91. The van der Waals surface area contributed by atoms with Crippen molar-refractivity contribution in [2.24, 2.45) is 0 Å². The van der Waals surface area contributed by atoms with Gasteiger partial charge in [-0.3, -0.25) is 5.10 Å². The maximum absolute atomic E-state index is 12.6. The van der Waals surface area contributed by atoms with E-state index in [4.69, 9.17) is 4.74 Å². The molecule has 0 radical (unpaired) electrons. The van der Waals surface area contributed by atoms with Crippen molar-refractivity contribution in [3.8, 4) is 17.1 Å². The highest BCUT2D eigenvalue weighted by atomic mass is 19.4. The molecule has 2 heterocycles. The summed E-state index contributed by atoms with van der Waals surface area (Å²) in [5, 5.41) is 8.76. The second kappa shape index (κ2) is 8.55. The first-order valence-corrected chi connectivity index (χ1v) is 9.09. The van der Waals surface area contributed by atoms with Crippen LogP contribution in [0.3, 0.4) is 0 Å². The minimum absolute atomic E-state index is 0.141. The van der Waals surface area contributed by atoms with E-state index in [2.05, 4.69) is 29.8 Å². The van der Waals surface area contributed by atoms with Crippen molar-refractivity contribution in [2.45, 2.75) is 45.5 Å². The Balaban J connectivity index is 1.55. The number of alkyl halides is 6. The number of rotatable bonds is 7. The summed E-state index contributed by atoms with van der Waals surface area (Å²) in [5.41, 5.74) is 1.68. The minimum atomic E-state index is -4.72. The van der Waals surface area contributed by atoms with Crippen molar-refractivity contribution in [2.75, 3.05) is 6.61 Å². The van der Waals surface area contributed by atoms with Crippen LogP contribution in [0.5, 0.6) is 5.75 Å². The second-order valence-corrected chi connectivity index (χ2v) is 6.77. The highest BCUT2D eigenvalue weighted by Gasteiger charge is 2.38. The number of hydrogen-bond donors (Lipinski definition) is 1. The van der Waals surface area contributed by atoms with Crippen molar-refractivity contribution in [1.29, 1.82) is 0 Å². The number of aryl methyl sites for hydroxylation is 3. The van der Waals surface area contributed by atoms with Crippen molar-refractivity contribution in [3.63, 3.8) is 0 Å². The smallest absolute Gasteiger partial charge is 0.471 e. The Bertz CT molecular complexity index is 1020. The second-order valence-electron chi connectivity index (χ2n) is 6.77. The van der Waals surface area contributed by atoms with Gasteiger partial charge in [0.1, 0.15) is 11.6 Å². The number of nitrogens with zero attached hydrogens (tertiary/aromatic N) is 4. The molecular formula is C18H17F6N5O2. The molecule has 31 heavy (non-hydrogen) atoms. The maximum atomic E-state index is 12.6. The van der Waals surface area contributed by atoms with E-state index in [0.29, 0.717) is 41.9 Å². The molecule has 0 bridgehead atoms. The van der Waals surface area contributed by atoms with Gasteiger partial charge >= 0.3 is 18.2 Å². The third-order valence-electron chi connectivity index (χ3n) is 4.23. The highest BCUT2D eigenvalue weighted by molar-refractivity contribution is 5.61. The zero-order valence-electron chi connectivity index (χ0n) is 16.4. The SMILES string of the molecule is Cc1cc(-c2noc(C(F)(F)F)n2)cc(C)c1OCCCCc1nc(C(F)(F)F)n[nH]1. The fourth-order valence-corrected chi connectivity index (χ4v) is 2.87. The van der Waals surface area contributed by atoms with Crippen LogP contribution in [0.4, 0.5) is 26.3 Å². The molecule has 168 valence electrons. The van der Waals surface area contributed by atoms with Crippen LogP contribution in [-0.2, 0) is 18.8 Å². The molecule has 0 fully saturated rings. The Hall–Kier alpha value is -3.12. The lowest BCUT2D eigenvalue weighted by Crippen LogP contribution is -2.07. The zero-order valence-corrected chi connectivity index (χ0v) is 16.4. The summed E-state index contributed by atoms with van der Waals surface area (Å²) >= 11 is 0. The van der Waals surface area contributed by atoms with Gasteiger partial charge in [-0.1, -0.05) is 5.16 Å². The van der Waals surface area contributed by atoms with Gasteiger partial charge in [-0.05, 0) is 49.9 Å². The fourth-order valence-electron chi connectivity index (χ4n) is 2.87. The van der Waals surface area contributed by atoms with Crippen LogP contribution in [0.25, 0.3) is 11.4 Å². The van der Waals surface area contributed by atoms with Crippen LogP contribution >= 0.6 is 0 Å². The number of H-pyrrole nitrogens is 1. The topological polar surface area (TPSA) is 89.7 Å². The first-order chi connectivity index (χ1) is 14.4. The molecule has 3 rings (SSSR count). The number of nitrogens with one attached hydrogen (secondary N) is 1. The molecule has 0 aliphatic carbocycles. The van der Waals surface area contributed by atoms with Gasteiger partial charge in [0.25, 0.3) is 5.82 Å². The van der Waals surface area contributed by atoms with Gasteiger partial charge in [-0.2, -0.15) is 31.3 Å². The van der Waals surface area contributed by atoms with E-state index in [9.17, 15) is 26.3 Å². The average Bonchev–Trinajstić information content (AvgIpc) is 3.32. The van der Waals surface area contributed by atoms with Crippen LogP contribution in [0.1, 0.15) is 41.5 Å². The largest absolute Gasteiger partial charge is 0.493 e. The molecule has 0 aliphatic heterocycles. The molecule has 0 amide bonds. The summed E-state index contributed by atoms with van der Waals surface area (Å²) in [4.78, 5) is 6.77. The third-order valence-corrected chi connectivity index (χ3v) is 4.23. The maximum Gasteiger partial charge on any atom is 0.471 e. The summed E-state index contributed by atoms with van der Waals surface area (Å²) in [6, 6.07) is 3.17. The van der Waals surface area contributed by atoms with Gasteiger partial charge in [-0.25, -0.2) is 4.98 Å². The van der Waals surface area contributed by atoms with E-state index in [1.165, 1.54) is 0 Å². The molecule has 0 saturated carbocycles. The average molecular weight is 449 g/mol. The van der Waals surface area contributed by atoms with Crippen LogP contribution in [0.15, 0.2) is 16.7 Å². The Morgan fingerprint density at radius 2 is 1.65 bits per heavy atom. The lowest BCUT2D eigenvalue weighted by molar-refractivity contribution is -0.159. The number of benzene rings is 1. The van der Waals surface area contributed by atoms with Crippen molar-refractivity contribution in [3.05, 3.63) is 40.8 Å². The molecule has 0 atom stereocenters. The van der Waals surface area contributed by atoms with E-state index in [1.54, 1.807) is 26.0 Å². The summed E-state index contributed by atoms with van der Waals surface area (Å²) in [6.45, 7) is 3.75. The molecule has 0 unspecified atom stereocenters. The predicted molar refractivity (Wildman–Crippen MR) is 94.0 cm³/mol. The molecule has 2 aromatic heterocycles. The van der Waals surface area contributed by atoms with Gasteiger partial charge in [0.05, 0.1) is 6.61 Å². The van der Waals surface area contributed by atoms with Crippen LogP contribution in [0, 0.1) is 13.8 Å². The molecule has 7 nitrogen and oxygen atoms in total. The normalized spacial score (nSPS) is 12.4. The number of halogens is 6. The van der Waals surface area contributed by atoms with Gasteiger partial charge in [0.15, 0.2) is 0 Å². The van der Waals surface area contributed by atoms with Crippen LogP contribution in [0.2, 0.25) is 0 Å². The van der Waals surface area contributed by atoms with Crippen LogP contribution in [-0.4, -0.2) is 31.9 Å². The van der Waals surface area contributed by atoms with E-state index in [0.717, 1.165) is 0 Å². The molecule has 3 aromatic rings. The third kappa shape index (κ3) is 5.52. The summed E-state index contributed by atoms with van der Waals surface area (Å²) in [5.74, 6) is -2.11. The first-order valence-electron chi connectivity index (χ1n) is 9.09. The molecule has 1 aromatic carbocycles. The van der Waals surface area contributed by atoms with E-state index in [-0.39, 0.29) is 18.1 Å². The van der Waals surface area contributed by atoms with Crippen LogP contribution < -0.4 is 4.74 Å². The summed E-state index contributed by atoms with van der Waals surface area (Å²) in [7, 11) is 0. The molecule has 0 aliphatic rings. The summed E-state index contributed by atoms with van der Waals surface area (Å²) in [6.07, 6.45) is -7.97. The Morgan fingerprint density at radius 3 is 2.19 bits per heavy atom. The Kier molecular flexibility index (Phi) is 6.23. The van der Waals surface area contributed by atoms with Crippen molar-refractivity contribution in [1.82, 2.24) is 25.3 Å². The number of aromatic amines is 1. The number of ether oxygens (including phenoxy) is 1. The van der Waals surface area contributed by atoms with Crippen molar-refractivity contribution >= 4 is 0 Å². The van der Waals surface area contributed by atoms with E-state index in [1.807, 2.05) is 0 Å². The van der Waals surface area contributed by atoms with Crippen molar-refractivity contribution < 1.29 is 35.6 Å². The highest BCUT2D eigenvalue weighted by Crippen LogP contribution is 2.32. The van der Waals surface area contributed by atoms with E-state index >= 15 is 0 Å². The quantitative estimate of drug-likeness (QED) is 0.407. The minimum Gasteiger partial charge on any atom is -0.493 e. The Morgan fingerprint density at radius 1 is 0.968 bits per heavy atom. The lowest BCUT2D eigenvalue weighted by atomic mass is 10.1. The molecule has 1 N–H and O–H groups in total. The van der Waals surface area contributed by atoms with Gasteiger partial charge in [0, 0.05) is 12.0 Å². The van der Waals surface area contributed by atoms with Gasteiger partial charge < -0.3 is 9.26 Å². The number of aromatic nitrogens is 5. The standard InChI is InChI=1S/C18H17F6N5O2/c1-9-7-11(14-26-16(31-29-14)18(22,23)24)8-10(2)13(9)30-6-4-3-5-12-25-15(28-27-12)17(19,20)21/h7-8H,3-6H2,1-2H3,(H,25,27,28). The summed E-state index contributed by atoms with van der Waals surface area (Å²) < 4.78 is 85.3.